The summed E-state index contributed by atoms with van der Waals surface area (Å²) in [6, 6.07) is 2.43. The van der Waals surface area contributed by atoms with E-state index >= 15 is 0 Å². The fourth-order valence-electron chi connectivity index (χ4n) is 2.56. The molecule has 1 atom stereocenters. The maximum Gasteiger partial charge on any atom is 0.0766 e. The summed E-state index contributed by atoms with van der Waals surface area (Å²) in [5.41, 5.74) is 4.77. The van der Waals surface area contributed by atoms with Crippen LogP contribution >= 0.6 is 15.9 Å². The highest BCUT2D eigenvalue weighted by atomic mass is 79.9. The summed E-state index contributed by atoms with van der Waals surface area (Å²) < 4.78 is 3.24. The topological polar surface area (TPSA) is 42.7 Å². The normalized spacial score (nSPS) is 12.6. The number of likely N-dealkylation sites (N-methyl/N-ethyl adjacent to an activating group) is 1. The van der Waals surface area contributed by atoms with Gasteiger partial charge in [0.05, 0.1) is 15.9 Å². The van der Waals surface area contributed by atoms with Crippen molar-refractivity contribution in [3.8, 4) is 0 Å². The highest BCUT2D eigenvalue weighted by Gasteiger charge is 2.19. The molecule has 21 heavy (non-hydrogen) atoms. The van der Waals surface area contributed by atoms with Crippen LogP contribution in [0, 0.1) is 6.92 Å². The molecule has 0 aromatic carbocycles. The minimum absolute atomic E-state index is 0.236. The van der Waals surface area contributed by atoms with Gasteiger partial charge < -0.3 is 5.32 Å². The van der Waals surface area contributed by atoms with Crippen molar-refractivity contribution in [1.29, 1.82) is 0 Å². The molecule has 2 rings (SSSR count). The molecule has 114 valence electrons. The Hall–Kier alpha value is -1.20. The van der Waals surface area contributed by atoms with E-state index in [1.165, 1.54) is 16.8 Å². The Balaban J connectivity index is 2.32. The number of hydrogen-bond donors (Lipinski definition) is 1. The fraction of sp³-hybridized carbons (Fsp3) is 0.500. The first-order chi connectivity index (χ1) is 10.1. The SMILES string of the molecule is CCc1nn(CC)c(CC(NC)c2cncc(C)c2)c1Br. The van der Waals surface area contributed by atoms with Crippen LogP contribution in [0.5, 0.6) is 0 Å². The van der Waals surface area contributed by atoms with Crippen LogP contribution in [-0.2, 0) is 19.4 Å². The van der Waals surface area contributed by atoms with Gasteiger partial charge in [-0.15, -0.1) is 0 Å². The smallest absolute Gasteiger partial charge is 0.0766 e. The van der Waals surface area contributed by atoms with Crippen LogP contribution in [0.1, 0.15) is 42.4 Å². The predicted octanol–water partition coefficient (Wildman–Crippen LogP) is 3.43. The average Bonchev–Trinajstić information content (AvgIpc) is 2.80. The van der Waals surface area contributed by atoms with Crippen molar-refractivity contribution in [2.45, 2.75) is 46.2 Å². The largest absolute Gasteiger partial charge is 0.313 e. The molecular formula is C16H23BrN4. The Morgan fingerprint density at radius 3 is 2.67 bits per heavy atom. The molecule has 0 fully saturated rings. The first-order valence-corrected chi connectivity index (χ1v) is 8.22. The van der Waals surface area contributed by atoms with Crippen molar-refractivity contribution in [2.75, 3.05) is 7.05 Å². The van der Waals surface area contributed by atoms with E-state index in [9.17, 15) is 0 Å². The van der Waals surface area contributed by atoms with Crippen LogP contribution in [0.25, 0.3) is 0 Å². The van der Waals surface area contributed by atoms with Crippen LogP contribution in [0.2, 0.25) is 0 Å². The van der Waals surface area contributed by atoms with Gasteiger partial charge in [-0.1, -0.05) is 13.0 Å². The van der Waals surface area contributed by atoms with Crippen molar-refractivity contribution in [1.82, 2.24) is 20.1 Å². The third kappa shape index (κ3) is 3.52. The first-order valence-electron chi connectivity index (χ1n) is 7.43. The lowest BCUT2D eigenvalue weighted by molar-refractivity contribution is 0.538. The molecule has 2 heterocycles. The van der Waals surface area contributed by atoms with Gasteiger partial charge in [0.15, 0.2) is 0 Å². The Labute approximate surface area is 135 Å². The number of hydrogen-bond acceptors (Lipinski definition) is 3. The summed E-state index contributed by atoms with van der Waals surface area (Å²) in [4.78, 5) is 4.31. The van der Waals surface area contributed by atoms with Crippen LogP contribution in [0.4, 0.5) is 0 Å². The number of aryl methyl sites for hydroxylation is 3. The number of nitrogens with one attached hydrogen (secondary N) is 1. The number of rotatable bonds is 6. The summed E-state index contributed by atoms with van der Waals surface area (Å²) in [5.74, 6) is 0. The lowest BCUT2D eigenvalue weighted by Gasteiger charge is -2.17. The second-order valence-corrected chi connectivity index (χ2v) is 6.01. The summed E-state index contributed by atoms with van der Waals surface area (Å²) >= 11 is 3.72. The van der Waals surface area contributed by atoms with Gasteiger partial charge in [0, 0.05) is 31.4 Å². The number of pyridine rings is 1. The standard InChI is InChI=1S/C16H23BrN4/c1-5-13-16(17)15(21(6-2)20-13)8-14(18-4)12-7-11(3)9-19-10-12/h7,9-10,14,18H,5-6,8H2,1-4H3. The second-order valence-electron chi connectivity index (χ2n) is 5.22. The molecule has 0 bridgehead atoms. The van der Waals surface area contributed by atoms with Crippen LogP contribution in [0.15, 0.2) is 22.9 Å². The molecule has 4 nitrogen and oxygen atoms in total. The number of halogens is 1. The predicted molar refractivity (Wildman–Crippen MR) is 89.5 cm³/mol. The molecule has 2 aromatic rings. The van der Waals surface area contributed by atoms with Crippen molar-refractivity contribution < 1.29 is 0 Å². The molecule has 2 aromatic heterocycles. The summed E-state index contributed by atoms with van der Waals surface area (Å²) in [6.07, 6.45) is 5.66. The Kier molecular flexibility index (Phi) is 5.53. The monoisotopic (exact) mass is 350 g/mol. The number of nitrogens with zero attached hydrogens (tertiary/aromatic N) is 3. The third-order valence-electron chi connectivity index (χ3n) is 3.74. The fourth-order valence-corrected chi connectivity index (χ4v) is 3.29. The molecule has 1 N–H and O–H groups in total. The minimum atomic E-state index is 0.236. The molecule has 0 radical (unpaired) electrons. The second kappa shape index (κ2) is 7.18. The van der Waals surface area contributed by atoms with Gasteiger partial charge in [0.1, 0.15) is 0 Å². The van der Waals surface area contributed by atoms with E-state index in [1.807, 2.05) is 19.4 Å². The van der Waals surface area contributed by atoms with E-state index in [2.05, 4.69) is 62.8 Å². The van der Waals surface area contributed by atoms with Gasteiger partial charge in [-0.3, -0.25) is 9.67 Å². The van der Waals surface area contributed by atoms with Gasteiger partial charge in [0.25, 0.3) is 0 Å². The molecular weight excluding hydrogens is 328 g/mol. The lowest BCUT2D eigenvalue weighted by atomic mass is 10.0. The van der Waals surface area contributed by atoms with Crippen molar-refractivity contribution in [2.24, 2.45) is 0 Å². The summed E-state index contributed by atoms with van der Waals surface area (Å²) in [6.45, 7) is 7.23. The molecule has 0 aliphatic heterocycles. The van der Waals surface area contributed by atoms with Gasteiger partial charge in [-0.25, -0.2) is 0 Å². The Morgan fingerprint density at radius 2 is 2.10 bits per heavy atom. The van der Waals surface area contributed by atoms with E-state index in [-0.39, 0.29) is 6.04 Å². The van der Waals surface area contributed by atoms with Gasteiger partial charge in [-0.2, -0.15) is 5.10 Å². The molecule has 1 unspecified atom stereocenters. The molecule has 0 saturated heterocycles. The summed E-state index contributed by atoms with van der Waals surface area (Å²) in [5, 5.41) is 8.07. The number of aromatic nitrogens is 3. The van der Waals surface area contributed by atoms with E-state index in [1.54, 1.807) is 0 Å². The zero-order valence-corrected chi connectivity index (χ0v) is 14.7. The third-order valence-corrected chi connectivity index (χ3v) is 4.65. The Bertz CT molecular complexity index is 606. The summed E-state index contributed by atoms with van der Waals surface area (Å²) in [7, 11) is 1.99. The quantitative estimate of drug-likeness (QED) is 0.867. The minimum Gasteiger partial charge on any atom is -0.313 e. The zero-order chi connectivity index (χ0) is 15.4. The molecule has 5 heteroatoms. The molecule has 0 saturated carbocycles. The van der Waals surface area contributed by atoms with E-state index in [4.69, 9.17) is 0 Å². The first kappa shape index (κ1) is 16.2. The molecule has 0 spiro atoms. The Morgan fingerprint density at radius 1 is 1.33 bits per heavy atom. The van der Waals surface area contributed by atoms with E-state index in [0.29, 0.717) is 0 Å². The van der Waals surface area contributed by atoms with Crippen LogP contribution < -0.4 is 5.32 Å². The lowest BCUT2D eigenvalue weighted by Crippen LogP contribution is -2.21. The van der Waals surface area contributed by atoms with E-state index in [0.717, 1.165) is 29.6 Å². The van der Waals surface area contributed by atoms with E-state index < -0.39 is 0 Å². The highest BCUT2D eigenvalue weighted by Crippen LogP contribution is 2.27. The van der Waals surface area contributed by atoms with Crippen molar-refractivity contribution in [3.05, 3.63) is 45.4 Å². The maximum absolute atomic E-state index is 4.67. The van der Waals surface area contributed by atoms with Crippen molar-refractivity contribution in [3.63, 3.8) is 0 Å². The zero-order valence-electron chi connectivity index (χ0n) is 13.2. The van der Waals surface area contributed by atoms with Crippen LogP contribution in [-0.4, -0.2) is 21.8 Å². The van der Waals surface area contributed by atoms with Crippen molar-refractivity contribution >= 4 is 15.9 Å². The average molecular weight is 351 g/mol. The van der Waals surface area contributed by atoms with Gasteiger partial charge in [0.2, 0.25) is 0 Å². The highest BCUT2D eigenvalue weighted by molar-refractivity contribution is 9.10. The molecule has 0 aliphatic carbocycles. The molecule has 0 aliphatic rings. The maximum atomic E-state index is 4.67. The van der Waals surface area contributed by atoms with Gasteiger partial charge >= 0.3 is 0 Å². The van der Waals surface area contributed by atoms with Gasteiger partial charge in [-0.05, 0) is 54.4 Å². The van der Waals surface area contributed by atoms with Crippen LogP contribution in [0.3, 0.4) is 0 Å². The molecule has 0 amide bonds.